The van der Waals surface area contributed by atoms with Gasteiger partial charge in [0, 0.05) is 0 Å². The lowest BCUT2D eigenvalue weighted by Crippen LogP contribution is -2.04. The third-order valence-electron chi connectivity index (χ3n) is 4.09. The SMILES string of the molecule is C[C@@H]1C=CC(c2ccc(OCc3ccccc3)c(C(=O)O)c2)=CC1. The predicted molar refractivity (Wildman–Crippen MR) is 95.1 cm³/mol. The number of ether oxygens (including phenoxy) is 1. The highest BCUT2D eigenvalue weighted by Gasteiger charge is 2.14. The lowest BCUT2D eigenvalue weighted by atomic mass is 9.93. The first-order valence-corrected chi connectivity index (χ1v) is 8.06. The topological polar surface area (TPSA) is 46.5 Å². The second-order valence-corrected chi connectivity index (χ2v) is 6.02. The molecule has 3 rings (SSSR count). The van der Waals surface area contributed by atoms with Crippen molar-refractivity contribution in [2.24, 2.45) is 5.92 Å². The van der Waals surface area contributed by atoms with Crippen molar-refractivity contribution in [3.8, 4) is 5.75 Å². The smallest absolute Gasteiger partial charge is 0.339 e. The van der Waals surface area contributed by atoms with Crippen molar-refractivity contribution in [2.75, 3.05) is 0 Å². The van der Waals surface area contributed by atoms with E-state index in [9.17, 15) is 9.90 Å². The Morgan fingerprint density at radius 2 is 2.00 bits per heavy atom. The normalized spacial score (nSPS) is 16.5. The van der Waals surface area contributed by atoms with Gasteiger partial charge in [-0.25, -0.2) is 4.79 Å². The van der Waals surface area contributed by atoms with Crippen molar-refractivity contribution in [2.45, 2.75) is 20.0 Å². The van der Waals surface area contributed by atoms with Gasteiger partial charge >= 0.3 is 5.97 Å². The average Bonchev–Trinajstić information content (AvgIpc) is 2.61. The Balaban J connectivity index is 1.83. The molecule has 0 aromatic heterocycles. The Hall–Kier alpha value is -2.81. The van der Waals surface area contributed by atoms with Gasteiger partial charge in [0.05, 0.1) is 0 Å². The van der Waals surface area contributed by atoms with Crippen molar-refractivity contribution in [3.05, 3.63) is 83.4 Å². The Morgan fingerprint density at radius 1 is 1.21 bits per heavy atom. The van der Waals surface area contributed by atoms with Crippen molar-refractivity contribution in [3.63, 3.8) is 0 Å². The molecule has 1 aliphatic carbocycles. The molecule has 0 saturated heterocycles. The summed E-state index contributed by atoms with van der Waals surface area (Å²) < 4.78 is 5.73. The quantitative estimate of drug-likeness (QED) is 0.848. The molecule has 0 bridgehead atoms. The Kier molecular flexibility index (Phi) is 4.80. The number of carboxylic acid groups (broad SMARTS) is 1. The van der Waals surface area contributed by atoms with Crippen LogP contribution in [0.3, 0.4) is 0 Å². The summed E-state index contributed by atoms with van der Waals surface area (Å²) in [6, 6.07) is 15.1. The van der Waals surface area contributed by atoms with Crippen LogP contribution in [0.2, 0.25) is 0 Å². The minimum absolute atomic E-state index is 0.191. The molecule has 0 heterocycles. The van der Waals surface area contributed by atoms with Crippen LogP contribution in [0.4, 0.5) is 0 Å². The van der Waals surface area contributed by atoms with Gasteiger partial charge in [0.25, 0.3) is 0 Å². The molecule has 0 saturated carbocycles. The molecule has 24 heavy (non-hydrogen) atoms. The predicted octanol–water partition coefficient (Wildman–Crippen LogP) is 4.94. The molecular weight excluding hydrogens is 300 g/mol. The van der Waals surface area contributed by atoms with Crippen molar-refractivity contribution >= 4 is 11.5 Å². The largest absolute Gasteiger partial charge is 0.488 e. The fourth-order valence-electron chi connectivity index (χ4n) is 2.68. The van der Waals surface area contributed by atoms with Crippen LogP contribution in [-0.2, 0) is 6.61 Å². The van der Waals surface area contributed by atoms with E-state index in [-0.39, 0.29) is 5.56 Å². The van der Waals surface area contributed by atoms with Crippen LogP contribution >= 0.6 is 0 Å². The molecule has 0 fully saturated rings. The van der Waals surface area contributed by atoms with Gasteiger partial charge in [0.2, 0.25) is 0 Å². The van der Waals surface area contributed by atoms with E-state index in [1.165, 1.54) is 0 Å². The third kappa shape index (κ3) is 3.74. The van der Waals surface area contributed by atoms with Crippen LogP contribution in [0, 0.1) is 5.92 Å². The van der Waals surface area contributed by atoms with E-state index >= 15 is 0 Å². The summed E-state index contributed by atoms with van der Waals surface area (Å²) in [4.78, 5) is 11.6. The Morgan fingerprint density at radius 3 is 2.67 bits per heavy atom. The van der Waals surface area contributed by atoms with Crippen molar-refractivity contribution in [1.82, 2.24) is 0 Å². The number of allylic oxidation sites excluding steroid dienone is 4. The molecule has 1 atom stereocenters. The summed E-state index contributed by atoms with van der Waals surface area (Å²) in [5.74, 6) is -0.0568. The molecule has 0 aliphatic heterocycles. The first-order valence-electron chi connectivity index (χ1n) is 8.06. The van der Waals surface area contributed by atoms with E-state index in [4.69, 9.17) is 4.74 Å². The van der Waals surface area contributed by atoms with Crippen LogP contribution < -0.4 is 4.74 Å². The maximum atomic E-state index is 11.6. The van der Waals surface area contributed by atoms with Crippen LogP contribution in [0.5, 0.6) is 5.75 Å². The number of benzene rings is 2. The van der Waals surface area contributed by atoms with Gasteiger partial charge in [0.1, 0.15) is 17.9 Å². The summed E-state index contributed by atoms with van der Waals surface area (Å²) in [6.45, 7) is 2.51. The lowest BCUT2D eigenvalue weighted by molar-refractivity contribution is 0.0691. The average molecular weight is 320 g/mol. The minimum Gasteiger partial charge on any atom is -0.488 e. The summed E-state index contributed by atoms with van der Waals surface area (Å²) in [5, 5.41) is 9.51. The molecule has 0 unspecified atom stereocenters. The van der Waals surface area contributed by atoms with Gasteiger partial charge in [-0.1, -0.05) is 61.5 Å². The standard InChI is InChI=1S/C21H20O3/c1-15-7-9-17(10-8-15)18-11-12-20(19(13-18)21(22)23)24-14-16-5-3-2-4-6-16/h2-7,9-13,15H,8,14H2,1H3,(H,22,23)/t15-/m1/s1. The second kappa shape index (κ2) is 7.18. The molecule has 3 heteroatoms. The first kappa shape index (κ1) is 16.1. The fraction of sp³-hybridized carbons (Fsp3) is 0.190. The molecule has 1 N–H and O–H groups in total. The van der Waals surface area contributed by atoms with E-state index in [0.29, 0.717) is 18.3 Å². The van der Waals surface area contributed by atoms with Gasteiger partial charge < -0.3 is 9.84 Å². The van der Waals surface area contributed by atoms with E-state index in [2.05, 4.69) is 25.2 Å². The number of hydrogen-bond donors (Lipinski definition) is 1. The monoisotopic (exact) mass is 320 g/mol. The van der Waals surface area contributed by atoms with Crippen LogP contribution in [0.1, 0.15) is 34.8 Å². The maximum absolute atomic E-state index is 11.6. The van der Waals surface area contributed by atoms with Gasteiger partial charge in [-0.15, -0.1) is 0 Å². The van der Waals surface area contributed by atoms with Gasteiger partial charge in [-0.2, -0.15) is 0 Å². The third-order valence-corrected chi connectivity index (χ3v) is 4.09. The first-order chi connectivity index (χ1) is 11.6. The highest BCUT2D eigenvalue weighted by atomic mass is 16.5. The lowest BCUT2D eigenvalue weighted by Gasteiger charge is -2.14. The molecule has 2 aromatic carbocycles. The second-order valence-electron chi connectivity index (χ2n) is 6.02. The van der Waals surface area contributed by atoms with E-state index in [0.717, 1.165) is 23.1 Å². The molecule has 0 spiro atoms. The Labute approximate surface area is 141 Å². The number of hydrogen-bond acceptors (Lipinski definition) is 2. The maximum Gasteiger partial charge on any atom is 0.339 e. The number of rotatable bonds is 5. The summed E-state index contributed by atoms with van der Waals surface area (Å²) in [7, 11) is 0. The summed E-state index contributed by atoms with van der Waals surface area (Å²) in [6.07, 6.45) is 7.33. The van der Waals surface area contributed by atoms with Gasteiger partial charge in [-0.3, -0.25) is 0 Å². The number of carbonyl (C=O) groups is 1. The van der Waals surface area contributed by atoms with Gasteiger partial charge in [-0.05, 0) is 41.2 Å². The molecule has 2 aromatic rings. The number of aromatic carboxylic acids is 1. The fourth-order valence-corrected chi connectivity index (χ4v) is 2.68. The van der Waals surface area contributed by atoms with Crippen LogP contribution in [0.15, 0.2) is 66.8 Å². The zero-order valence-corrected chi connectivity index (χ0v) is 13.6. The Bertz CT molecular complexity index is 788. The minimum atomic E-state index is -0.978. The highest BCUT2D eigenvalue weighted by Crippen LogP contribution is 2.28. The van der Waals surface area contributed by atoms with Crippen molar-refractivity contribution < 1.29 is 14.6 Å². The molecule has 3 nitrogen and oxygen atoms in total. The molecule has 0 amide bonds. The van der Waals surface area contributed by atoms with Gasteiger partial charge in [0.15, 0.2) is 0 Å². The van der Waals surface area contributed by atoms with Crippen LogP contribution in [-0.4, -0.2) is 11.1 Å². The zero-order valence-electron chi connectivity index (χ0n) is 13.6. The molecule has 0 radical (unpaired) electrons. The number of carboxylic acids is 1. The van der Waals surface area contributed by atoms with E-state index in [1.54, 1.807) is 12.1 Å². The van der Waals surface area contributed by atoms with Crippen molar-refractivity contribution in [1.29, 1.82) is 0 Å². The summed E-state index contributed by atoms with van der Waals surface area (Å²) in [5.41, 5.74) is 3.16. The van der Waals surface area contributed by atoms with E-state index in [1.807, 2.05) is 36.4 Å². The molecule has 1 aliphatic rings. The molecular formula is C21H20O3. The van der Waals surface area contributed by atoms with E-state index < -0.39 is 5.97 Å². The summed E-state index contributed by atoms with van der Waals surface area (Å²) >= 11 is 0. The zero-order chi connectivity index (χ0) is 16.9. The molecule has 122 valence electrons. The highest BCUT2D eigenvalue weighted by molar-refractivity contribution is 5.92. The van der Waals surface area contributed by atoms with Crippen LogP contribution in [0.25, 0.3) is 5.57 Å².